The van der Waals surface area contributed by atoms with Crippen LogP contribution in [0.1, 0.15) is 17.2 Å². The molecule has 5 nitrogen and oxygen atoms in total. The van der Waals surface area contributed by atoms with Crippen LogP contribution in [0, 0.1) is 6.92 Å². The predicted molar refractivity (Wildman–Crippen MR) is 81.6 cm³/mol. The van der Waals surface area contributed by atoms with Crippen LogP contribution in [0.2, 0.25) is 0 Å². The number of hydrogen-bond donors (Lipinski definition) is 1. The lowest BCUT2D eigenvalue weighted by Crippen LogP contribution is -2.25. The van der Waals surface area contributed by atoms with Gasteiger partial charge in [0.15, 0.2) is 0 Å². The highest BCUT2D eigenvalue weighted by atomic mass is 32.2. The zero-order valence-electron chi connectivity index (χ0n) is 11.8. The molecule has 6 heteroatoms. The van der Waals surface area contributed by atoms with Crippen molar-refractivity contribution in [3.8, 4) is 5.75 Å². The average Bonchev–Trinajstić information content (AvgIpc) is 2.45. The van der Waals surface area contributed by atoms with Crippen LogP contribution >= 0.6 is 0 Å². The van der Waals surface area contributed by atoms with Gasteiger partial charge in [0.1, 0.15) is 5.75 Å². The molecular weight excluding hydrogens is 288 g/mol. The van der Waals surface area contributed by atoms with Gasteiger partial charge in [-0.15, -0.1) is 0 Å². The molecule has 0 amide bonds. The first kappa shape index (κ1) is 15.5. The highest BCUT2D eigenvalue weighted by Gasteiger charge is 2.19. The van der Waals surface area contributed by atoms with Gasteiger partial charge < -0.3 is 4.74 Å². The molecule has 0 aliphatic heterocycles. The number of aromatic nitrogens is 1. The Morgan fingerprint density at radius 2 is 1.90 bits per heavy atom. The van der Waals surface area contributed by atoms with E-state index >= 15 is 0 Å². The van der Waals surface area contributed by atoms with Crippen LogP contribution in [0.25, 0.3) is 0 Å². The summed E-state index contributed by atoms with van der Waals surface area (Å²) < 4.78 is 28.5. The summed E-state index contributed by atoms with van der Waals surface area (Å²) in [5.74, 6) is 0.171. The molecule has 0 aliphatic rings. The molecule has 0 fully saturated rings. The third-order valence-corrected chi connectivity index (χ3v) is 3.97. The minimum atomic E-state index is -3.58. The van der Waals surface area contributed by atoms with Gasteiger partial charge in [-0.1, -0.05) is 30.3 Å². The van der Waals surface area contributed by atoms with Gasteiger partial charge >= 0.3 is 0 Å². The van der Waals surface area contributed by atoms with E-state index in [0.29, 0.717) is 5.75 Å². The summed E-state index contributed by atoms with van der Waals surface area (Å²) in [6, 6.07) is 12.9. The van der Waals surface area contributed by atoms with Crippen molar-refractivity contribution in [2.75, 3.05) is 12.4 Å². The molecular formula is C15H18N2O3S. The molecule has 2 aromatic rings. The molecule has 2 rings (SSSR count). The Kier molecular flexibility index (Phi) is 4.93. The van der Waals surface area contributed by atoms with E-state index in [1.807, 2.05) is 37.3 Å². The number of nitrogens with zero attached hydrogens (tertiary/aromatic N) is 1. The monoisotopic (exact) mass is 306 g/mol. The number of hydrogen-bond acceptors (Lipinski definition) is 4. The van der Waals surface area contributed by atoms with Crippen LogP contribution in [-0.4, -0.2) is 25.8 Å². The molecule has 112 valence electrons. The molecule has 0 spiro atoms. The second-order valence-corrected chi connectivity index (χ2v) is 6.49. The summed E-state index contributed by atoms with van der Waals surface area (Å²) in [5.41, 5.74) is 1.65. The van der Waals surface area contributed by atoms with E-state index < -0.39 is 10.0 Å². The summed E-state index contributed by atoms with van der Waals surface area (Å²) in [6.45, 7) is 2.07. The van der Waals surface area contributed by atoms with Crippen LogP contribution in [0.5, 0.6) is 5.75 Å². The number of rotatable bonds is 6. The van der Waals surface area contributed by atoms with Crippen molar-refractivity contribution < 1.29 is 13.2 Å². The van der Waals surface area contributed by atoms with Gasteiger partial charge in [0.2, 0.25) is 10.0 Å². The van der Waals surface area contributed by atoms with Crippen LogP contribution < -0.4 is 9.88 Å². The summed E-state index contributed by atoms with van der Waals surface area (Å²) in [6.07, 6.45) is 1.68. The van der Waals surface area contributed by atoms with Crippen LogP contribution in [0.4, 0.5) is 0 Å². The minimum Gasteiger partial charge on any atom is -0.491 e. The second kappa shape index (κ2) is 6.69. The third-order valence-electron chi connectivity index (χ3n) is 3.10. The lowest BCUT2D eigenvalue weighted by atomic mass is 10.0. The van der Waals surface area contributed by atoms with Crippen molar-refractivity contribution in [1.29, 1.82) is 0 Å². The van der Waals surface area contributed by atoms with E-state index in [-0.39, 0.29) is 18.3 Å². The van der Waals surface area contributed by atoms with Gasteiger partial charge in [0.05, 0.1) is 18.1 Å². The highest BCUT2D eigenvalue weighted by Crippen LogP contribution is 2.21. The van der Waals surface area contributed by atoms with Crippen LogP contribution in [0.3, 0.4) is 0 Å². The molecule has 1 atom stereocenters. The zero-order chi connectivity index (χ0) is 15.3. The van der Waals surface area contributed by atoms with Crippen LogP contribution in [0.15, 0.2) is 48.7 Å². The Morgan fingerprint density at radius 3 is 2.52 bits per heavy atom. The smallest absolute Gasteiger partial charge is 0.209 e. The first-order valence-electron chi connectivity index (χ1n) is 6.55. The van der Waals surface area contributed by atoms with Crippen molar-refractivity contribution in [2.45, 2.75) is 12.8 Å². The Morgan fingerprint density at radius 1 is 1.19 bits per heavy atom. The molecule has 2 N–H and O–H groups in total. The second-order valence-electron chi connectivity index (χ2n) is 4.84. The fraction of sp³-hybridized carbons (Fsp3) is 0.267. The lowest BCUT2D eigenvalue weighted by Gasteiger charge is -2.17. The van der Waals surface area contributed by atoms with Crippen molar-refractivity contribution >= 4 is 10.0 Å². The van der Waals surface area contributed by atoms with E-state index in [0.717, 1.165) is 11.3 Å². The number of nitrogens with two attached hydrogens (primary N) is 1. The third kappa shape index (κ3) is 4.84. The number of ether oxygens (including phenoxy) is 1. The zero-order valence-corrected chi connectivity index (χ0v) is 12.6. The Hall–Kier alpha value is -1.92. The maximum Gasteiger partial charge on any atom is 0.209 e. The topological polar surface area (TPSA) is 82.3 Å². The number of benzene rings is 1. The standard InChI is InChI=1S/C15H18N2O3S/c1-12-15(8-5-9-17-12)20-10-14(11-21(16,18)19)13-6-3-2-4-7-13/h2-9,14H,10-11H2,1H3,(H2,16,18,19). The molecule has 1 aromatic heterocycles. The Balaban J connectivity index is 2.15. The molecule has 1 unspecified atom stereocenters. The Labute approximate surface area is 124 Å². The number of pyridine rings is 1. The normalized spacial score (nSPS) is 12.9. The van der Waals surface area contributed by atoms with Crippen molar-refractivity contribution in [3.63, 3.8) is 0 Å². The summed E-state index contributed by atoms with van der Waals surface area (Å²) in [4.78, 5) is 4.14. The maximum atomic E-state index is 11.4. The van der Waals surface area contributed by atoms with E-state index in [4.69, 9.17) is 9.88 Å². The van der Waals surface area contributed by atoms with Crippen molar-refractivity contribution in [1.82, 2.24) is 4.98 Å². The molecule has 0 bridgehead atoms. The van der Waals surface area contributed by atoms with Gasteiger partial charge in [0.25, 0.3) is 0 Å². The quantitative estimate of drug-likeness (QED) is 0.883. The molecule has 21 heavy (non-hydrogen) atoms. The van der Waals surface area contributed by atoms with Gasteiger partial charge in [-0.05, 0) is 24.6 Å². The first-order chi connectivity index (χ1) is 9.96. The predicted octanol–water partition coefficient (Wildman–Crippen LogP) is 1.84. The van der Waals surface area contributed by atoms with Gasteiger partial charge in [-0.3, -0.25) is 4.98 Å². The maximum absolute atomic E-state index is 11.4. The van der Waals surface area contributed by atoms with Crippen LogP contribution in [-0.2, 0) is 10.0 Å². The lowest BCUT2D eigenvalue weighted by molar-refractivity contribution is 0.293. The molecule has 0 aliphatic carbocycles. The Bertz CT molecular complexity index is 687. The fourth-order valence-electron chi connectivity index (χ4n) is 2.06. The van der Waals surface area contributed by atoms with E-state index in [1.165, 1.54) is 0 Å². The number of primary sulfonamides is 1. The number of sulfonamides is 1. The minimum absolute atomic E-state index is 0.156. The first-order valence-corrected chi connectivity index (χ1v) is 8.27. The van der Waals surface area contributed by atoms with E-state index in [9.17, 15) is 8.42 Å². The average molecular weight is 306 g/mol. The summed E-state index contributed by atoms with van der Waals surface area (Å²) in [7, 11) is -3.58. The fourth-order valence-corrected chi connectivity index (χ4v) is 2.91. The summed E-state index contributed by atoms with van der Waals surface area (Å²) >= 11 is 0. The van der Waals surface area contributed by atoms with Crippen molar-refractivity contribution in [2.24, 2.45) is 5.14 Å². The van der Waals surface area contributed by atoms with Gasteiger partial charge in [0, 0.05) is 12.1 Å². The molecule has 0 saturated heterocycles. The SMILES string of the molecule is Cc1ncccc1OCC(CS(N)(=O)=O)c1ccccc1. The van der Waals surface area contributed by atoms with Gasteiger partial charge in [-0.25, -0.2) is 13.6 Å². The van der Waals surface area contributed by atoms with Gasteiger partial charge in [-0.2, -0.15) is 0 Å². The number of aryl methyl sites for hydroxylation is 1. The van der Waals surface area contributed by atoms with E-state index in [2.05, 4.69) is 4.98 Å². The van der Waals surface area contributed by atoms with Crippen molar-refractivity contribution in [3.05, 3.63) is 59.9 Å². The largest absolute Gasteiger partial charge is 0.491 e. The molecule has 1 aromatic carbocycles. The molecule has 1 heterocycles. The molecule has 0 saturated carbocycles. The highest BCUT2D eigenvalue weighted by molar-refractivity contribution is 7.89. The summed E-state index contributed by atoms with van der Waals surface area (Å²) in [5, 5.41) is 5.18. The van der Waals surface area contributed by atoms with E-state index in [1.54, 1.807) is 18.3 Å². The molecule has 0 radical (unpaired) electrons.